The van der Waals surface area contributed by atoms with Crippen molar-refractivity contribution in [3.8, 4) is 0 Å². The molecule has 0 aromatic heterocycles. The van der Waals surface area contributed by atoms with E-state index in [0.29, 0.717) is 16.8 Å². The molecule has 1 atom stereocenters. The summed E-state index contributed by atoms with van der Waals surface area (Å²) in [7, 11) is -2.16. The van der Waals surface area contributed by atoms with Crippen LogP contribution in [0.1, 0.15) is 45.6 Å². The molecule has 0 heterocycles. The number of hydrogen-bond donors (Lipinski definition) is 1. The number of carbonyl (C=O) groups is 1. The van der Waals surface area contributed by atoms with Gasteiger partial charge >= 0.3 is 0 Å². The van der Waals surface area contributed by atoms with Crippen molar-refractivity contribution in [2.75, 3.05) is 11.4 Å². The smallest absolute Gasteiger partial charge is 0.264 e. The van der Waals surface area contributed by atoms with E-state index in [0.717, 1.165) is 16.7 Å². The van der Waals surface area contributed by atoms with E-state index >= 15 is 0 Å². The van der Waals surface area contributed by atoms with Crippen molar-refractivity contribution in [3.63, 3.8) is 0 Å². The molecule has 31 heavy (non-hydrogen) atoms. The van der Waals surface area contributed by atoms with Crippen LogP contribution in [0.15, 0.2) is 71.6 Å². The van der Waals surface area contributed by atoms with Gasteiger partial charge in [-0.15, -0.1) is 0 Å². The van der Waals surface area contributed by atoms with Gasteiger partial charge in [-0.25, -0.2) is 8.42 Å². The van der Waals surface area contributed by atoms with E-state index in [1.165, 1.54) is 11.4 Å². The number of rotatable bonds is 6. The Labute approximate surface area is 184 Å². The summed E-state index contributed by atoms with van der Waals surface area (Å²) >= 11 is 0. The monoisotopic (exact) mass is 436 g/mol. The summed E-state index contributed by atoms with van der Waals surface area (Å²) in [5.41, 5.74) is 5.07. The van der Waals surface area contributed by atoms with Crippen LogP contribution in [0.3, 0.4) is 0 Å². The fourth-order valence-electron chi connectivity index (χ4n) is 3.61. The van der Waals surface area contributed by atoms with Crippen LogP contribution in [0.2, 0.25) is 0 Å². The average molecular weight is 437 g/mol. The van der Waals surface area contributed by atoms with Gasteiger partial charge in [0.1, 0.15) is 0 Å². The molecule has 6 heteroatoms. The van der Waals surface area contributed by atoms with Crippen molar-refractivity contribution in [3.05, 3.63) is 94.5 Å². The topological polar surface area (TPSA) is 66.5 Å². The molecule has 3 aromatic rings. The number of anilines is 1. The molecular weight excluding hydrogens is 408 g/mol. The minimum atomic E-state index is -3.68. The van der Waals surface area contributed by atoms with E-state index in [1.54, 1.807) is 55.5 Å². The highest BCUT2D eigenvalue weighted by atomic mass is 32.2. The number of sulfonamides is 1. The minimum Gasteiger partial charge on any atom is -0.346 e. The second kappa shape index (κ2) is 8.94. The van der Waals surface area contributed by atoms with Crippen LogP contribution in [-0.4, -0.2) is 21.4 Å². The average Bonchev–Trinajstić information content (AvgIpc) is 2.75. The molecule has 0 aliphatic heterocycles. The van der Waals surface area contributed by atoms with Gasteiger partial charge in [0.15, 0.2) is 0 Å². The number of nitrogens with one attached hydrogen (secondary N) is 1. The zero-order valence-electron chi connectivity index (χ0n) is 18.5. The molecule has 0 bridgehead atoms. The Morgan fingerprint density at radius 1 is 0.903 bits per heavy atom. The molecule has 1 N–H and O–H groups in total. The van der Waals surface area contributed by atoms with Gasteiger partial charge in [-0.05, 0) is 74.7 Å². The van der Waals surface area contributed by atoms with E-state index < -0.39 is 10.0 Å². The molecule has 0 aliphatic carbocycles. The van der Waals surface area contributed by atoms with E-state index in [-0.39, 0.29) is 16.8 Å². The van der Waals surface area contributed by atoms with E-state index in [2.05, 4.69) is 23.5 Å². The summed E-state index contributed by atoms with van der Waals surface area (Å²) in [6.07, 6.45) is 0. The van der Waals surface area contributed by atoms with Crippen LogP contribution in [0, 0.1) is 20.8 Å². The molecule has 0 saturated heterocycles. The number of amides is 1. The molecule has 3 rings (SSSR count). The van der Waals surface area contributed by atoms with Crippen LogP contribution in [-0.2, 0) is 10.0 Å². The fraction of sp³-hybridized carbons (Fsp3) is 0.240. The lowest BCUT2D eigenvalue weighted by Gasteiger charge is -2.22. The van der Waals surface area contributed by atoms with Crippen LogP contribution in [0.4, 0.5) is 5.69 Å². The Morgan fingerprint density at radius 3 is 2.23 bits per heavy atom. The third-order valence-electron chi connectivity index (χ3n) is 5.45. The minimum absolute atomic E-state index is 0.145. The normalized spacial score (nSPS) is 12.3. The van der Waals surface area contributed by atoms with Crippen LogP contribution in [0.5, 0.6) is 0 Å². The first-order valence-electron chi connectivity index (χ1n) is 10.1. The predicted octanol–water partition coefficient (Wildman–Crippen LogP) is 4.93. The summed E-state index contributed by atoms with van der Waals surface area (Å²) in [6.45, 7) is 7.82. The fourth-order valence-corrected chi connectivity index (χ4v) is 4.90. The molecule has 162 valence electrons. The largest absolute Gasteiger partial charge is 0.346 e. The number of carbonyl (C=O) groups excluding carboxylic acids is 1. The molecule has 0 saturated carbocycles. The summed E-state index contributed by atoms with van der Waals surface area (Å²) in [4.78, 5) is 13.1. The third kappa shape index (κ3) is 4.80. The quantitative estimate of drug-likeness (QED) is 0.596. The summed E-state index contributed by atoms with van der Waals surface area (Å²) in [6, 6.07) is 19.4. The number of nitrogens with zero attached hydrogens (tertiary/aromatic N) is 1. The lowest BCUT2D eigenvalue weighted by Crippen LogP contribution is -2.29. The summed E-state index contributed by atoms with van der Waals surface area (Å²) in [5.74, 6) is -0.198. The van der Waals surface area contributed by atoms with Gasteiger partial charge in [0, 0.05) is 12.6 Å². The van der Waals surface area contributed by atoms with Gasteiger partial charge in [0.25, 0.3) is 15.9 Å². The van der Waals surface area contributed by atoms with Crippen molar-refractivity contribution < 1.29 is 13.2 Å². The lowest BCUT2D eigenvalue weighted by molar-refractivity contribution is 0.0939. The van der Waals surface area contributed by atoms with Gasteiger partial charge in [0.2, 0.25) is 0 Å². The second-order valence-electron chi connectivity index (χ2n) is 7.84. The molecule has 0 spiro atoms. The van der Waals surface area contributed by atoms with Gasteiger partial charge in [0.05, 0.1) is 16.6 Å². The van der Waals surface area contributed by atoms with Crippen molar-refractivity contribution in [1.29, 1.82) is 0 Å². The van der Waals surface area contributed by atoms with E-state index in [9.17, 15) is 13.2 Å². The molecule has 3 aromatic carbocycles. The number of benzene rings is 3. The Kier molecular flexibility index (Phi) is 6.51. The molecular formula is C25H28N2O3S. The van der Waals surface area contributed by atoms with Gasteiger partial charge < -0.3 is 5.32 Å². The Morgan fingerprint density at radius 2 is 1.58 bits per heavy atom. The van der Waals surface area contributed by atoms with Crippen molar-refractivity contribution in [2.24, 2.45) is 0 Å². The highest BCUT2D eigenvalue weighted by molar-refractivity contribution is 7.92. The maximum absolute atomic E-state index is 12.9. The highest BCUT2D eigenvalue weighted by Crippen LogP contribution is 2.26. The van der Waals surface area contributed by atoms with Gasteiger partial charge in [-0.1, -0.05) is 42.0 Å². The zero-order valence-corrected chi connectivity index (χ0v) is 19.3. The lowest BCUT2D eigenvalue weighted by atomic mass is 9.99. The summed E-state index contributed by atoms with van der Waals surface area (Å²) < 4.78 is 27.1. The molecule has 0 fully saturated rings. The van der Waals surface area contributed by atoms with Crippen LogP contribution in [0.25, 0.3) is 0 Å². The standard InChI is InChI=1S/C25H28N2O3S/c1-17-11-12-18(2)23(15-17)20(4)26-25(28)21-13-14-24(19(3)16-21)27(5)31(29,30)22-9-7-6-8-10-22/h6-16,20H,1-5H3,(H,26,28). The van der Waals surface area contributed by atoms with E-state index in [1.807, 2.05) is 20.8 Å². The molecule has 0 radical (unpaired) electrons. The van der Waals surface area contributed by atoms with Crippen LogP contribution < -0.4 is 9.62 Å². The third-order valence-corrected chi connectivity index (χ3v) is 7.23. The molecule has 1 amide bonds. The zero-order chi connectivity index (χ0) is 22.8. The highest BCUT2D eigenvalue weighted by Gasteiger charge is 2.23. The predicted molar refractivity (Wildman–Crippen MR) is 125 cm³/mol. The van der Waals surface area contributed by atoms with Gasteiger partial charge in [-0.3, -0.25) is 9.10 Å². The number of aryl methyl sites for hydroxylation is 3. The SMILES string of the molecule is Cc1ccc(C)c(C(C)NC(=O)c2ccc(N(C)S(=O)(=O)c3ccccc3)c(C)c2)c1. The van der Waals surface area contributed by atoms with Gasteiger partial charge in [-0.2, -0.15) is 0 Å². The first-order valence-corrected chi connectivity index (χ1v) is 11.6. The van der Waals surface area contributed by atoms with Crippen molar-refractivity contribution >= 4 is 21.6 Å². The maximum atomic E-state index is 12.9. The first-order chi connectivity index (χ1) is 14.6. The summed E-state index contributed by atoms with van der Waals surface area (Å²) in [5, 5.41) is 3.04. The Hall–Kier alpha value is -3.12. The molecule has 0 aliphatic rings. The maximum Gasteiger partial charge on any atom is 0.264 e. The number of hydrogen-bond acceptors (Lipinski definition) is 3. The van der Waals surface area contributed by atoms with E-state index in [4.69, 9.17) is 0 Å². The molecule has 5 nitrogen and oxygen atoms in total. The van der Waals surface area contributed by atoms with Crippen molar-refractivity contribution in [2.45, 2.75) is 38.6 Å². The second-order valence-corrected chi connectivity index (χ2v) is 9.81. The first kappa shape index (κ1) is 22.6. The molecule has 1 unspecified atom stereocenters. The Balaban J connectivity index is 1.81. The van der Waals surface area contributed by atoms with Crippen molar-refractivity contribution in [1.82, 2.24) is 5.32 Å². The Bertz CT molecular complexity index is 1200. The van der Waals surface area contributed by atoms with Crippen LogP contribution >= 0.6 is 0 Å².